The van der Waals surface area contributed by atoms with Gasteiger partial charge in [0.05, 0.1) is 36.5 Å². The monoisotopic (exact) mass is 408 g/mol. The average Bonchev–Trinajstić information content (AvgIpc) is 2.58. The number of halogens is 4. The van der Waals surface area contributed by atoms with Gasteiger partial charge in [0, 0.05) is 0 Å². The summed E-state index contributed by atoms with van der Waals surface area (Å²) in [5.74, 6) is -1.63. The first-order valence-electron chi connectivity index (χ1n) is 7.97. The van der Waals surface area contributed by atoms with Crippen molar-refractivity contribution in [2.45, 2.75) is 18.6 Å². The van der Waals surface area contributed by atoms with Gasteiger partial charge in [0.15, 0.2) is 12.6 Å². The molecular weight excluding hydrogens is 391 g/mol. The Morgan fingerprint density at radius 1 is 1.41 bits per heavy atom. The molecule has 0 radical (unpaired) electrons. The quantitative estimate of drug-likeness (QED) is 0.609. The maximum atomic E-state index is 12.8. The Bertz CT molecular complexity index is 742. The summed E-state index contributed by atoms with van der Waals surface area (Å²) in [6, 6.07) is 1.77. The second kappa shape index (κ2) is 8.57. The second-order valence-corrected chi connectivity index (χ2v) is 6.36. The van der Waals surface area contributed by atoms with Gasteiger partial charge in [0.1, 0.15) is 6.42 Å². The predicted octanol–water partition coefficient (Wildman–Crippen LogP) is 0.244. The fraction of sp³-hybridized carbons (Fsp3) is 0.438. The van der Waals surface area contributed by atoms with Crippen LogP contribution < -0.4 is 15.5 Å². The molecule has 1 aromatic rings. The first-order valence-corrected chi connectivity index (χ1v) is 8.35. The van der Waals surface area contributed by atoms with Crippen molar-refractivity contribution in [3.63, 3.8) is 0 Å². The Balaban J connectivity index is 2.09. The summed E-state index contributed by atoms with van der Waals surface area (Å²) in [6.45, 7) is 0.461. The van der Waals surface area contributed by atoms with Crippen LogP contribution in [0.3, 0.4) is 0 Å². The van der Waals surface area contributed by atoms with Gasteiger partial charge in [-0.05, 0) is 18.2 Å². The van der Waals surface area contributed by atoms with Crippen LogP contribution in [0.5, 0.6) is 0 Å². The lowest BCUT2D eigenvalue weighted by Gasteiger charge is -2.30. The van der Waals surface area contributed by atoms with E-state index in [2.05, 4.69) is 15.4 Å². The van der Waals surface area contributed by atoms with Gasteiger partial charge >= 0.3 is 12.1 Å². The molecule has 0 aromatic heterocycles. The summed E-state index contributed by atoms with van der Waals surface area (Å²) in [4.78, 5) is 36.3. The largest absolute Gasteiger partial charge is 0.469 e. The van der Waals surface area contributed by atoms with Crippen molar-refractivity contribution in [2.75, 3.05) is 32.1 Å². The molecule has 3 N–H and O–H groups in total. The van der Waals surface area contributed by atoms with E-state index in [4.69, 9.17) is 11.6 Å². The molecule has 2 rings (SSSR count). The van der Waals surface area contributed by atoms with Crippen LogP contribution in [0.2, 0.25) is 5.02 Å². The van der Waals surface area contributed by atoms with Crippen LogP contribution in [0.15, 0.2) is 18.2 Å². The van der Waals surface area contributed by atoms with Crippen molar-refractivity contribution in [2.24, 2.45) is 0 Å². The van der Waals surface area contributed by atoms with Crippen molar-refractivity contribution in [1.82, 2.24) is 5.32 Å². The molecule has 0 aliphatic carbocycles. The fourth-order valence-electron chi connectivity index (χ4n) is 2.73. The molecule has 1 heterocycles. The van der Waals surface area contributed by atoms with Gasteiger partial charge in [-0.3, -0.25) is 14.4 Å². The van der Waals surface area contributed by atoms with E-state index in [9.17, 15) is 27.6 Å². The second-order valence-electron chi connectivity index (χ2n) is 5.95. The number of carbonyl (C=O) groups is 3. The van der Waals surface area contributed by atoms with Gasteiger partial charge in [-0.15, -0.1) is 0 Å². The van der Waals surface area contributed by atoms with Gasteiger partial charge in [-0.2, -0.15) is 13.2 Å². The molecule has 1 aromatic carbocycles. The molecule has 1 fully saturated rings. The van der Waals surface area contributed by atoms with E-state index in [0.717, 1.165) is 18.2 Å². The fourth-order valence-corrected chi connectivity index (χ4v) is 2.89. The number of ether oxygens (including phenoxy) is 1. The third-order valence-corrected chi connectivity index (χ3v) is 4.44. The SMILES string of the molecule is COC(=O)C[C@@H]1C(=O)NCC[NH+]1CC(=O)Nc1cc(C(F)(F)F)ccc1Cl. The van der Waals surface area contributed by atoms with Gasteiger partial charge < -0.3 is 20.3 Å². The maximum absolute atomic E-state index is 12.8. The molecule has 148 valence electrons. The Morgan fingerprint density at radius 3 is 2.74 bits per heavy atom. The lowest BCUT2D eigenvalue weighted by Crippen LogP contribution is -3.20. The molecule has 1 unspecified atom stereocenters. The van der Waals surface area contributed by atoms with Crippen LogP contribution in [0.4, 0.5) is 18.9 Å². The summed E-state index contributed by atoms with van der Waals surface area (Å²) in [6.07, 6.45) is -4.79. The van der Waals surface area contributed by atoms with E-state index in [-0.39, 0.29) is 23.7 Å². The van der Waals surface area contributed by atoms with Crippen molar-refractivity contribution < 1.29 is 37.2 Å². The molecule has 0 spiro atoms. The van der Waals surface area contributed by atoms with Gasteiger partial charge in [0.2, 0.25) is 0 Å². The molecular formula is C16H18ClF3N3O4+. The van der Waals surface area contributed by atoms with Crippen LogP contribution in [-0.2, 0) is 25.3 Å². The number of esters is 1. The summed E-state index contributed by atoms with van der Waals surface area (Å²) in [5.41, 5.74) is -1.13. The number of alkyl halides is 3. The number of amides is 2. The smallest absolute Gasteiger partial charge is 0.416 e. The summed E-state index contributed by atoms with van der Waals surface area (Å²) in [7, 11) is 1.19. The number of carbonyl (C=O) groups excluding carboxylic acids is 3. The number of hydrogen-bond acceptors (Lipinski definition) is 4. The van der Waals surface area contributed by atoms with Crippen LogP contribution in [-0.4, -0.2) is 50.6 Å². The molecule has 27 heavy (non-hydrogen) atoms. The first-order chi connectivity index (χ1) is 12.6. The Labute approximate surface area is 157 Å². The minimum Gasteiger partial charge on any atom is -0.469 e. The Hall–Kier alpha value is -2.33. The van der Waals surface area contributed by atoms with E-state index < -0.39 is 35.6 Å². The molecule has 1 aliphatic rings. The molecule has 2 amide bonds. The lowest BCUT2D eigenvalue weighted by molar-refractivity contribution is -0.909. The maximum Gasteiger partial charge on any atom is 0.416 e. The highest BCUT2D eigenvalue weighted by atomic mass is 35.5. The van der Waals surface area contributed by atoms with Crippen LogP contribution in [0.1, 0.15) is 12.0 Å². The van der Waals surface area contributed by atoms with Gasteiger partial charge in [-0.1, -0.05) is 11.6 Å². The number of hydrogen-bond donors (Lipinski definition) is 3. The minimum absolute atomic E-state index is 0.0474. The Kier molecular flexibility index (Phi) is 6.66. The van der Waals surface area contributed by atoms with Crippen molar-refractivity contribution in [1.29, 1.82) is 0 Å². The molecule has 1 aliphatic heterocycles. The molecule has 2 atom stereocenters. The normalized spacial score (nSPS) is 20.0. The van der Waals surface area contributed by atoms with Crippen molar-refractivity contribution in [3.8, 4) is 0 Å². The molecule has 0 saturated carbocycles. The van der Waals surface area contributed by atoms with E-state index in [1.165, 1.54) is 7.11 Å². The zero-order valence-electron chi connectivity index (χ0n) is 14.3. The third-order valence-electron chi connectivity index (χ3n) is 4.11. The number of quaternary nitrogens is 1. The number of methoxy groups -OCH3 is 1. The Morgan fingerprint density at radius 2 is 2.11 bits per heavy atom. The number of piperazine rings is 1. The standard InChI is InChI=1S/C16H17ClF3N3O4/c1-27-14(25)7-12-15(26)21-4-5-23(12)8-13(24)22-11-6-9(16(18,19)20)2-3-10(11)17/h2-3,6,12H,4-5,7-8H2,1H3,(H,21,26)(H,22,24)/p+1/t12-/m1/s1. The summed E-state index contributed by atoms with van der Waals surface area (Å²) < 4.78 is 43.0. The third kappa shape index (κ3) is 5.57. The van der Waals surface area contributed by atoms with Crippen LogP contribution in [0, 0.1) is 0 Å². The molecule has 1 saturated heterocycles. The number of benzene rings is 1. The molecule has 7 nitrogen and oxygen atoms in total. The number of nitrogens with one attached hydrogen (secondary N) is 3. The topological polar surface area (TPSA) is 88.9 Å². The number of rotatable bonds is 5. The minimum atomic E-state index is -4.58. The van der Waals surface area contributed by atoms with Crippen LogP contribution >= 0.6 is 11.6 Å². The van der Waals surface area contributed by atoms with Gasteiger partial charge in [-0.25, -0.2) is 0 Å². The summed E-state index contributed by atoms with van der Waals surface area (Å²) >= 11 is 5.86. The highest BCUT2D eigenvalue weighted by molar-refractivity contribution is 6.33. The van der Waals surface area contributed by atoms with E-state index in [1.807, 2.05) is 0 Å². The molecule has 11 heteroatoms. The highest BCUT2D eigenvalue weighted by Crippen LogP contribution is 2.33. The number of anilines is 1. The van der Waals surface area contributed by atoms with Crippen LogP contribution in [0.25, 0.3) is 0 Å². The average molecular weight is 409 g/mol. The molecule has 0 bridgehead atoms. The van der Waals surface area contributed by atoms with Crippen molar-refractivity contribution in [3.05, 3.63) is 28.8 Å². The first kappa shape index (κ1) is 21.0. The highest BCUT2D eigenvalue weighted by Gasteiger charge is 2.37. The van der Waals surface area contributed by atoms with E-state index >= 15 is 0 Å². The van der Waals surface area contributed by atoms with E-state index in [1.54, 1.807) is 0 Å². The predicted molar refractivity (Wildman–Crippen MR) is 89.2 cm³/mol. The zero-order valence-corrected chi connectivity index (χ0v) is 15.0. The zero-order chi connectivity index (χ0) is 20.2. The summed E-state index contributed by atoms with van der Waals surface area (Å²) in [5, 5.41) is 4.89. The lowest BCUT2D eigenvalue weighted by atomic mass is 10.1. The van der Waals surface area contributed by atoms with E-state index in [0.29, 0.717) is 18.0 Å². The van der Waals surface area contributed by atoms with Gasteiger partial charge in [0.25, 0.3) is 11.8 Å². The van der Waals surface area contributed by atoms with Crippen molar-refractivity contribution >= 4 is 35.1 Å².